The molecule has 1 aliphatic heterocycles. The van der Waals surface area contributed by atoms with Crippen LogP contribution in [0.1, 0.15) is 38.5 Å². The molecule has 0 bridgehead atoms. The molecule has 4 rings (SSSR count). The van der Waals surface area contributed by atoms with E-state index in [0.29, 0.717) is 30.4 Å². The minimum absolute atomic E-state index is 0.124. The van der Waals surface area contributed by atoms with Crippen LogP contribution in [0.5, 0.6) is 0 Å². The second kappa shape index (κ2) is 7.45. The van der Waals surface area contributed by atoms with Crippen LogP contribution in [0.3, 0.4) is 0 Å². The summed E-state index contributed by atoms with van der Waals surface area (Å²) in [6, 6.07) is 5.48. The van der Waals surface area contributed by atoms with E-state index in [0.717, 1.165) is 11.7 Å². The van der Waals surface area contributed by atoms with Crippen LogP contribution in [0, 0.1) is 0 Å². The Kier molecular flexibility index (Phi) is 5.05. The number of hydrogen-bond donors (Lipinski definition) is 2. The number of nitrogens with one attached hydrogen (secondary N) is 2. The SMILES string of the molecule is O=S(=O)(NC1=NCN(C2CCCCCC2)CN1)c1cccc2nsnc12. The van der Waals surface area contributed by atoms with Crippen LogP contribution in [-0.2, 0) is 10.0 Å². The van der Waals surface area contributed by atoms with Gasteiger partial charge in [-0.25, -0.2) is 18.1 Å². The zero-order chi connectivity index (χ0) is 18.0. The highest BCUT2D eigenvalue weighted by molar-refractivity contribution is 7.90. The van der Waals surface area contributed by atoms with E-state index in [-0.39, 0.29) is 10.9 Å². The Morgan fingerprint density at radius 3 is 2.69 bits per heavy atom. The van der Waals surface area contributed by atoms with Crippen molar-refractivity contribution in [1.82, 2.24) is 23.7 Å². The lowest BCUT2D eigenvalue weighted by Crippen LogP contribution is -2.52. The highest BCUT2D eigenvalue weighted by Gasteiger charge is 2.25. The third kappa shape index (κ3) is 3.67. The van der Waals surface area contributed by atoms with E-state index in [1.807, 2.05) is 0 Å². The first-order chi connectivity index (χ1) is 12.6. The fraction of sp³-hybridized carbons (Fsp3) is 0.562. The molecule has 0 unspecified atom stereocenters. The van der Waals surface area contributed by atoms with Gasteiger partial charge in [-0.1, -0.05) is 31.7 Å². The van der Waals surface area contributed by atoms with Gasteiger partial charge in [0.2, 0.25) is 5.96 Å². The van der Waals surface area contributed by atoms with E-state index in [1.165, 1.54) is 44.6 Å². The zero-order valence-corrected chi connectivity index (χ0v) is 16.0. The summed E-state index contributed by atoms with van der Waals surface area (Å²) in [6.45, 7) is 1.12. The van der Waals surface area contributed by atoms with Gasteiger partial charge in [0.15, 0.2) is 0 Å². The van der Waals surface area contributed by atoms with Crippen LogP contribution >= 0.6 is 11.7 Å². The quantitative estimate of drug-likeness (QED) is 0.771. The lowest BCUT2D eigenvalue weighted by Gasteiger charge is -2.33. The molecule has 0 saturated heterocycles. The van der Waals surface area contributed by atoms with E-state index in [1.54, 1.807) is 12.1 Å². The summed E-state index contributed by atoms with van der Waals surface area (Å²) >= 11 is 1.00. The first-order valence-corrected chi connectivity index (χ1v) is 11.1. The van der Waals surface area contributed by atoms with Crippen LogP contribution in [0.15, 0.2) is 28.1 Å². The van der Waals surface area contributed by atoms with Gasteiger partial charge in [0.1, 0.15) is 15.9 Å². The Labute approximate surface area is 157 Å². The van der Waals surface area contributed by atoms with E-state index < -0.39 is 10.0 Å². The average Bonchev–Trinajstić information content (AvgIpc) is 2.96. The molecule has 2 N–H and O–H groups in total. The van der Waals surface area contributed by atoms with Crippen LogP contribution < -0.4 is 10.0 Å². The topological polar surface area (TPSA) is 99.6 Å². The van der Waals surface area contributed by atoms with Gasteiger partial charge in [0, 0.05) is 6.04 Å². The second-order valence-corrected chi connectivity index (χ2v) is 8.89. The van der Waals surface area contributed by atoms with E-state index in [4.69, 9.17) is 0 Å². The van der Waals surface area contributed by atoms with Crippen molar-refractivity contribution in [3.05, 3.63) is 18.2 Å². The maximum Gasteiger partial charge on any atom is 0.266 e. The molecule has 0 amide bonds. The summed E-state index contributed by atoms with van der Waals surface area (Å²) in [7, 11) is -3.76. The lowest BCUT2D eigenvalue weighted by atomic mass is 10.1. The zero-order valence-electron chi connectivity index (χ0n) is 14.4. The highest BCUT2D eigenvalue weighted by Crippen LogP contribution is 2.23. The van der Waals surface area contributed by atoms with Crippen LogP contribution in [0.4, 0.5) is 0 Å². The number of sulfonamides is 1. The number of aliphatic imine (C=N–C) groups is 1. The van der Waals surface area contributed by atoms with E-state index in [9.17, 15) is 8.42 Å². The van der Waals surface area contributed by atoms with Gasteiger partial charge in [-0.3, -0.25) is 4.90 Å². The fourth-order valence-corrected chi connectivity index (χ4v) is 5.33. The number of hydrogen-bond acceptors (Lipinski definition) is 8. The molecule has 1 fully saturated rings. The molecule has 0 atom stereocenters. The Balaban J connectivity index is 1.46. The predicted molar refractivity (Wildman–Crippen MR) is 101 cm³/mol. The van der Waals surface area contributed by atoms with Crippen molar-refractivity contribution < 1.29 is 8.42 Å². The van der Waals surface area contributed by atoms with Gasteiger partial charge >= 0.3 is 0 Å². The number of aromatic nitrogens is 2. The fourth-order valence-electron chi connectivity index (χ4n) is 3.56. The first-order valence-electron chi connectivity index (χ1n) is 8.90. The van der Waals surface area contributed by atoms with Crippen LogP contribution in [0.2, 0.25) is 0 Å². The number of fused-ring (bicyclic) bond motifs is 1. The third-order valence-corrected chi connectivity index (χ3v) is 6.88. The Hall–Kier alpha value is -1.78. The molecule has 1 aromatic carbocycles. The molecule has 1 aliphatic carbocycles. The van der Waals surface area contributed by atoms with Gasteiger partial charge in [-0.05, 0) is 25.0 Å². The first kappa shape index (κ1) is 17.6. The van der Waals surface area contributed by atoms with E-state index >= 15 is 0 Å². The molecule has 10 heteroatoms. The Morgan fingerprint density at radius 2 is 1.96 bits per heavy atom. The second-order valence-electron chi connectivity index (χ2n) is 6.71. The summed E-state index contributed by atoms with van der Waals surface area (Å²) in [5.74, 6) is 0.287. The molecule has 1 saturated carbocycles. The molecule has 26 heavy (non-hydrogen) atoms. The van der Waals surface area contributed by atoms with Gasteiger partial charge in [0.25, 0.3) is 10.0 Å². The van der Waals surface area contributed by atoms with Crippen molar-refractivity contribution in [1.29, 1.82) is 0 Å². The molecular formula is C16H22N6O2S2. The van der Waals surface area contributed by atoms with Crippen LogP contribution in [0.25, 0.3) is 11.0 Å². The molecule has 8 nitrogen and oxygen atoms in total. The maximum absolute atomic E-state index is 12.7. The smallest absolute Gasteiger partial charge is 0.266 e. The molecule has 1 aromatic heterocycles. The van der Waals surface area contributed by atoms with Crippen molar-refractivity contribution in [3.8, 4) is 0 Å². The molecule has 2 aromatic rings. The lowest BCUT2D eigenvalue weighted by molar-refractivity contribution is 0.171. The number of rotatable bonds is 3. The molecule has 2 heterocycles. The van der Waals surface area contributed by atoms with Crippen LogP contribution in [-0.4, -0.2) is 47.4 Å². The maximum atomic E-state index is 12.7. The molecule has 140 valence electrons. The highest BCUT2D eigenvalue weighted by atomic mass is 32.2. The molecular weight excluding hydrogens is 372 g/mol. The van der Waals surface area contributed by atoms with Crippen molar-refractivity contribution >= 4 is 38.7 Å². The summed E-state index contributed by atoms with van der Waals surface area (Å²) in [6.07, 6.45) is 7.52. The van der Waals surface area contributed by atoms with Crippen molar-refractivity contribution in [2.75, 3.05) is 13.3 Å². The standard InChI is InChI=1S/C16H22N6O2S2/c23-26(24,14-9-5-8-13-15(14)20-25-19-13)21-16-17-10-22(11-18-16)12-6-3-1-2-4-7-12/h5,8-9,12H,1-4,6-7,10-11H2,(H2,17,18,21). The van der Waals surface area contributed by atoms with Crippen molar-refractivity contribution in [2.24, 2.45) is 4.99 Å². The Morgan fingerprint density at radius 1 is 1.15 bits per heavy atom. The van der Waals surface area contributed by atoms with Crippen molar-refractivity contribution in [2.45, 2.75) is 49.5 Å². The molecule has 0 radical (unpaired) electrons. The number of benzene rings is 1. The third-order valence-electron chi connectivity index (χ3n) is 4.97. The monoisotopic (exact) mass is 394 g/mol. The normalized spacial score (nSPS) is 20.4. The number of nitrogens with zero attached hydrogens (tertiary/aromatic N) is 4. The summed E-state index contributed by atoms with van der Waals surface area (Å²) in [5, 5.41) is 3.11. The molecule has 0 spiro atoms. The molecule has 2 aliphatic rings. The summed E-state index contributed by atoms with van der Waals surface area (Å²) < 4.78 is 36.2. The largest absolute Gasteiger partial charge is 0.343 e. The average molecular weight is 395 g/mol. The van der Waals surface area contributed by atoms with Gasteiger partial charge < -0.3 is 5.32 Å². The minimum atomic E-state index is -3.76. The van der Waals surface area contributed by atoms with Gasteiger partial charge in [-0.2, -0.15) is 8.75 Å². The van der Waals surface area contributed by atoms with Crippen molar-refractivity contribution in [3.63, 3.8) is 0 Å². The van der Waals surface area contributed by atoms with E-state index in [2.05, 4.69) is 28.7 Å². The summed E-state index contributed by atoms with van der Waals surface area (Å²) in [5.41, 5.74) is 0.970. The Bertz CT molecular complexity index is 902. The minimum Gasteiger partial charge on any atom is -0.343 e. The van der Waals surface area contributed by atoms with Gasteiger partial charge in [-0.15, -0.1) is 0 Å². The van der Waals surface area contributed by atoms with Gasteiger partial charge in [0.05, 0.1) is 25.1 Å². The summed E-state index contributed by atoms with van der Waals surface area (Å²) in [4.78, 5) is 6.81. The number of guanidine groups is 1. The predicted octanol–water partition coefficient (Wildman–Crippen LogP) is 1.87.